The molecule has 0 amide bonds. The summed E-state index contributed by atoms with van der Waals surface area (Å²) in [6.07, 6.45) is 4.40. The van der Waals surface area contributed by atoms with Gasteiger partial charge in [0.2, 0.25) is 24.2 Å². The SMILES string of the molecule is C[C@H]1[C@H](OC(=O)CCC(=O)CCCC(=O)CCC(=O)O[C@@H]2O[C@@H]3O[C@]4(C)CC[C@H]5[C@H](C)CC[C@@H]([C@H]2C)[C@@]35OO4)O[C@@H]2O[C@]3(C)CC[C@H]4[C@H](C)CC[C@@H]1[C@@]24OO3. The minimum absolute atomic E-state index is 0.00485. The van der Waals surface area contributed by atoms with Gasteiger partial charge >= 0.3 is 11.9 Å². The van der Waals surface area contributed by atoms with Gasteiger partial charge in [-0.15, -0.1) is 0 Å². The van der Waals surface area contributed by atoms with Gasteiger partial charge < -0.3 is 28.4 Å². The largest absolute Gasteiger partial charge is 0.435 e. The predicted octanol–water partition coefficient (Wildman–Crippen LogP) is 6.36. The molecule has 14 heteroatoms. The predicted molar refractivity (Wildman–Crippen MR) is 188 cm³/mol. The summed E-state index contributed by atoms with van der Waals surface area (Å²) in [6.45, 7) is 12.2. The Labute approximate surface area is 323 Å². The molecule has 10 aliphatic rings. The molecule has 0 radical (unpaired) electrons. The molecule has 8 aliphatic heterocycles. The minimum atomic E-state index is -0.927. The van der Waals surface area contributed by atoms with Gasteiger partial charge in [0.1, 0.15) is 11.6 Å². The number of carbonyl (C=O) groups excluding carboxylic acids is 4. The van der Waals surface area contributed by atoms with E-state index in [2.05, 4.69) is 13.8 Å². The van der Waals surface area contributed by atoms with Crippen molar-refractivity contribution in [2.45, 2.75) is 186 Å². The topological polar surface area (TPSA) is 161 Å². The lowest BCUT2D eigenvalue weighted by molar-refractivity contribution is -0.576. The molecule has 14 nitrogen and oxygen atoms in total. The molecule has 8 heterocycles. The van der Waals surface area contributed by atoms with E-state index in [1.165, 1.54) is 0 Å². The fourth-order valence-corrected chi connectivity index (χ4v) is 11.6. The van der Waals surface area contributed by atoms with Crippen LogP contribution < -0.4 is 0 Å². The number of Topliss-reactive ketones (excluding diaryl/α,β-unsaturated/α-hetero) is 2. The van der Waals surface area contributed by atoms with E-state index in [9.17, 15) is 19.2 Å². The second-order valence-electron chi connectivity index (χ2n) is 18.5. The molecule has 10 fully saturated rings. The third kappa shape index (κ3) is 7.02. The Morgan fingerprint density at radius 3 is 1.36 bits per heavy atom. The third-order valence-corrected chi connectivity index (χ3v) is 14.8. The first kappa shape index (κ1) is 39.8. The van der Waals surface area contributed by atoms with Gasteiger partial charge in [-0.05, 0) is 82.5 Å². The van der Waals surface area contributed by atoms with E-state index in [0.29, 0.717) is 31.1 Å². The molecule has 10 rings (SSSR count). The maximum Gasteiger partial charge on any atom is 0.308 e. The van der Waals surface area contributed by atoms with Gasteiger partial charge in [0.25, 0.3) is 0 Å². The van der Waals surface area contributed by atoms with Crippen molar-refractivity contribution in [1.82, 2.24) is 0 Å². The first-order valence-corrected chi connectivity index (χ1v) is 21.0. The lowest BCUT2D eigenvalue weighted by Gasteiger charge is -2.59. The molecule has 55 heavy (non-hydrogen) atoms. The van der Waals surface area contributed by atoms with Crippen molar-refractivity contribution in [3.63, 3.8) is 0 Å². The summed E-state index contributed by atoms with van der Waals surface area (Å²) < 4.78 is 36.9. The lowest BCUT2D eigenvalue weighted by atomic mass is 9.58. The van der Waals surface area contributed by atoms with Crippen LogP contribution in [0.2, 0.25) is 0 Å². The highest BCUT2D eigenvalue weighted by Gasteiger charge is 2.71. The molecule has 4 bridgehead atoms. The summed E-state index contributed by atoms with van der Waals surface area (Å²) in [5, 5.41) is 0. The Morgan fingerprint density at radius 1 is 0.527 bits per heavy atom. The maximum absolute atomic E-state index is 13.0. The molecule has 0 aromatic heterocycles. The monoisotopic (exact) mass is 776 g/mol. The molecule has 0 N–H and O–H groups in total. The zero-order valence-electron chi connectivity index (χ0n) is 33.3. The summed E-state index contributed by atoms with van der Waals surface area (Å²) in [6, 6.07) is 0. The van der Waals surface area contributed by atoms with Gasteiger partial charge in [-0.25, -0.2) is 19.6 Å². The average Bonchev–Trinajstić information content (AvgIpc) is 3.52. The van der Waals surface area contributed by atoms with Crippen LogP contribution in [0.1, 0.15) is 138 Å². The number of ketones is 2. The fourth-order valence-electron chi connectivity index (χ4n) is 11.6. The highest BCUT2D eigenvalue weighted by molar-refractivity contribution is 5.85. The van der Waals surface area contributed by atoms with Crippen molar-refractivity contribution in [2.24, 2.45) is 47.3 Å². The van der Waals surface area contributed by atoms with E-state index in [4.69, 9.17) is 48.0 Å². The van der Waals surface area contributed by atoms with Crippen LogP contribution in [0.25, 0.3) is 0 Å². The summed E-state index contributed by atoms with van der Waals surface area (Å²) in [7, 11) is 0. The summed E-state index contributed by atoms with van der Waals surface area (Å²) in [5.41, 5.74) is -1.50. The normalized spacial score (nSPS) is 48.1. The molecular formula is C41H60O14. The Bertz CT molecular complexity index is 1400. The van der Waals surface area contributed by atoms with Crippen molar-refractivity contribution < 1.29 is 67.1 Å². The van der Waals surface area contributed by atoms with Gasteiger partial charge in [0.15, 0.2) is 23.8 Å². The molecule has 8 saturated heterocycles. The molecule has 2 aliphatic carbocycles. The number of esters is 2. The van der Waals surface area contributed by atoms with E-state index < -0.39 is 59.9 Å². The van der Waals surface area contributed by atoms with Gasteiger partial charge in [-0.2, -0.15) is 0 Å². The zero-order chi connectivity index (χ0) is 38.9. The van der Waals surface area contributed by atoms with Gasteiger partial charge in [-0.3, -0.25) is 19.2 Å². The molecule has 308 valence electrons. The molecule has 16 atom stereocenters. The van der Waals surface area contributed by atoms with E-state index in [1.807, 2.05) is 27.7 Å². The number of fused-ring (bicyclic) bond motifs is 4. The minimum Gasteiger partial charge on any atom is -0.435 e. The summed E-state index contributed by atoms with van der Waals surface area (Å²) in [5.74, 6) is -2.17. The van der Waals surface area contributed by atoms with Crippen LogP contribution in [0, 0.1) is 47.3 Å². The van der Waals surface area contributed by atoms with Crippen LogP contribution in [-0.2, 0) is 67.1 Å². The lowest BCUT2D eigenvalue weighted by Crippen LogP contribution is -2.70. The van der Waals surface area contributed by atoms with Crippen molar-refractivity contribution in [3.8, 4) is 0 Å². The summed E-state index contributed by atoms with van der Waals surface area (Å²) >= 11 is 0. The molecule has 2 spiro atoms. The van der Waals surface area contributed by atoms with Crippen molar-refractivity contribution in [3.05, 3.63) is 0 Å². The van der Waals surface area contributed by atoms with E-state index in [1.54, 1.807) is 0 Å². The van der Waals surface area contributed by atoms with Crippen LogP contribution in [0.15, 0.2) is 0 Å². The van der Waals surface area contributed by atoms with Gasteiger partial charge in [0, 0.05) is 62.2 Å². The van der Waals surface area contributed by atoms with E-state index >= 15 is 0 Å². The van der Waals surface area contributed by atoms with Crippen LogP contribution >= 0.6 is 0 Å². The zero-order valence-corrected chi connectivity index (χ0v) is 33.3. The average molecular weight is 777 g/mol. The summed E-state index contributed by atoms with van der Waals surface area (Å²) in [4.78, 5) is 75.3. The van der Waals surface area contributed by atoms with Crippen LogP contribution in [0.3, 0.4) is 0 Å². The number of carbonyl (C=O) groups is 4. The maximum atomic E-state index is 13.0. The van der Waals surface area contributed by atoms with E-state index in [0.717, 1.165) is 38.5 Å². The number of hydrogen-bond donors (Lipinski definition) is 0. The molecule has 0 aromatic rings. The smallest absolute Gasteiger partial charge is 0.308 e. The molecule has 0 unspecified atom stereocenters. The standard InChI is InChI=1S/C41H60O14/c1-22-10-14-30-24(3)34(48-36-40(30)28(22)18-20-38(5,50-36)52-54-40)46-32(44)16-12-26(42)8-7-9-27(43)13-17-33(45)47-35-25(4)31-15-11-23(2)29-19-21-39(6)51-37(49-35)41(29,31)55-53-39/h22-25,28-31,34-37H,7-21H2,1-6H3/t22-,23-,24-,25-,28+,29+,30+,31+,34-,35-,36-,37-,38+,39+,40-,41-/m1/s1. The Kier molecular flexibility index (Phi) is 10.8. The van der Waals surface area contributed by atoms with Gasteiger partial charge in [0.05, 0.1) is 12.8 Å². The highest BCUT2D eigenvalue weighted by atomic mass is 17.3. The van der Waals surface area contributed by atoms with Crippen molar-refractivity contribution in [2.75, 3.05) is 0 Å². The van der Waals surface area contributed by atoms with Crippen molar-refractivity contribution >= 4 is 23.5 Å². The number of ether oxygens (including phenoxy) is 6. The third-order valence-electron chi connectivity index (χ3n) is 14.8. The second-order valence-corrected chi connectivity index (χ2v) is 18.5. The molecule has 2 saturated carbocycles. The van der Waals surface area contributed by atoms with Gasteiger partial charge in [-0.1, -0.05) is 27.7 Å². The highest BCUT2D eigenvalue weighted by Crippen LogP contribution is 2.62. The molecule has 0 aromatic carbocycles. The first-order valence-electron chi connectivity index (χ1n) is 21.0. The molecular weight excluding hydrogens is 716 g/mol. The second kappa shape index (κ2) is 15.0. The Balaban J connectivity index is 0.752. The van der Waals surface area contributed by atoms with Crippen molar-refractivity contribution in [1.29, 1.82) is 0 Å². The Hall–Kier alpha value is -2.04. The quantitative estimate of drug-likeness (QED) is 0.159. The van der Waals surface area contributed by atoms with Crippen LogP contribution in [0.4, 0.5) is 0 Å². The van der Waals surface area contributed by atoms with Crippen LogP contribution in [0.5, 0.6) is 0 Å². The number of hydrogen-bond acceptors (Lipinski definition) is 14. The Morgan fingerprint density at radius 2 is 0.945 bits per heavy atom. The first-order chi connectivity index (χ1) is 26.2. The van der Waals surface area contributed by atoms with Crippen LogP contribution in [-0.4, -0.2) is 71.4 Å². The number of rotatable bonds is 12. The fraction of sp³-hybridized carbons (Fsp3) is 0.902. The van der Waals surface area contributed by atoms with E-state index in [-0.39, 0.29) is 85.6 Å².